The third-order valence-electron chi connectivity index (χ3n) is 3.96. The average molecular weight is 303 g/mol. The number of amides is 1. The molecule has 0 heterocycles. The molecule has 116 valence electrons. The van der Waals surface area contributed by atoms with Crippen LogP contribution in [0.1, 0.15) is 45.5 Å². The van der Waals surface area contributed by atoms with Crippen molar-refractivity contribution in [3.63, 3.8) is 0 Å². The molecule has 1 amide bonds. The van der Waals surface area contributed by atoms with Crippen LogP contribution in [0.4, 0.5) is 8.78 Å². The summed E-state index contributed by atoms with van der Waals surface area (Å²) in [7, 11) is 0. The van der Waals surface area contributed by atoms with E-state index in [1.165, 1.54) is 12.1 Å². The van der Waals surface area contributed by atoms with Crippen LogP contribution in [0.25, 0.3) is 0 Å². The molecule has 0 radical (unpaired) electrons. The smallest absolute Gasteiger partial charge is 0.248 e. The van der Waals surface area contributed by atoms with E-state index in [4.69, 9.17) is 5.73 Å². The minimum atomic E-state index is -0.676. The van der Waals surface area contributed by atoms with Gasteiger partial charge in [-0.05, 0) is 72.7 Å². The zero-order valence-electron chi connectivity index (χ0n) is 12.9. The first-order valence-corrected chi connectivity index (χ1v) is 7.14. The predicted molar refractivity (Wildman–Crippen MR) is 82.9 cm³/mol. The van der Waals surface area contributed by atoms with Crippen LogP contribution in [-0.4, -0.2) is 5.91 Å². The number of primary amides is 1. The van der Waals surface area contributed by atoms with Crippen LogP contribution in [-0.2, 0) is 6.42 Å². The Bertz CT molecular complexity index is 725. The van der Waals surface area contributed by atoms with Crippen molar-refractivity contribution in [2.24, 2.45) is 5.73 Å². The summed E-state index contributed by atoms with van der Waals surface area (Å²) in [6.07, 6.45) is 0.425. The van der Waals surface area contributed by atoms with E-state index < -0.39 is 11.7 Å². The van der Waals surface area contributed by atoms with Gasteiger partial charge in [-0.25, -0.2) is 8.78 Å². The van der Waals surface area contributed by atoms with E-state index in [0.717, 1.165) is 17.2 Å². The Kier molecular flexibility index (Phi) is 4.59. The fraction of sp³-hybridized carbons (Fsp3) is 0.278. The highest BCUT2D eigenvalue weighted by molar-refractivity contribution is 5.92. The number of carbonyl (C=O) groups is 1. The number of halogens is 2. The molecule has 1 unspecified atom stereocenters. The number of carbonyl (C=O) groups excluding carboxylic acids is 1. The first kappa shape index (κ1) is 16.1. The molecule has 0 saturated carbocycles. The number of aryl methyl sites for hydroxylation is 2. The summed E-state index contributed by atoms with van der Waals surface area (Å²) in [6.45, 7) is 5.65. The molecule has 4 heteroatoms. The maximum absolute atomic E-state index is 14.0. The van der Waals surface area contributed by atoms with Crippen molar-refractivity contribution in [2.45, 2.75) is 33.1 Å². The SMILES string of the molecule is Cc1cc(F)c(CC(C)c2cc(F)cc(C(N)=O)c2)cc1C. The summed E-state index contributed by atoms with van der Waals surface area (Å²) in [6, 6.07) is 7.35. The number of benzene rings is 2. The molecular formula is C18H19F2NO. The highest BCUT2D eigenvalue weighted by atomic mass is 19.1. The molecule has 2 nitrogen and oxygen atoms in total. The lowest BCUT2D eigenvalue weighted by Gasteiger charge is -2.15. The Morgan fingerprint density at radius 1 is 1.09 bits per heavy atom. The van der Waals surface area contributed by atoms with Crippen LogP contribution in [0.15, 0.2) is 30.3 Å². The number of nitrogens with two attached hydrogens (primary N) is 1. The first-order valence-electron chi connectivity index (χ1n) is 7.14. The molecular weight excluding hydrogens is 284 g/mol. The standard InChI is InChI=1S/C18H19F2NO/c1-10-4-14(17(20)6-11(10)2)5-12(3)13-7-15(18(21)22)9-16(19)8-13/h4,6-9,12H,5H2,1-3H3,(H2,21,22). The van der Waals surface area contributed by atoms with E-state index in [-0.39, 0.29) is 17.3 Å². The second kappa shape index (κ2) is 6.26. The third-order valence-corrected chi connectivity index (χ3v) is 3.96. The summed E-state index contributed by atoms with van der Waals surface area (Å²) < 4.78 is 27.6. The number of hydrogen-bond acceptors (Lipinski definition) is 1. The molecule has 0 aliphatic heterocycles. The molecule has 0 aromatic heterocycles. The highest BCUT2D eigenvalue weighted by Crippen LogP contribution is 2.25. The van der Waals surface area contributed by atoms with E-state index in [9.17, 15) is 13.6 Å². The van der Waals surface area contributed by atoms with Gasteiger partial charge in [0.15, 0.2) is 0 Å². The summed E-state index contributed by atoms with van der Waals surface area (Å²) in [5.74, 6) is -1.59. The van der Waals surface area contributed by atoms with Crippen LogP contribution in [0.5, 0.6) is 0 Å². The predicted octanol–water partition coefficient (Wildman–Crippen LogP) is 4.03. The van der Waals surface area contributed by atoms with Crippen molar-refractivity contribution in [2.75, 3.05) is 0 Å². The molecule has 0 spiro atoms. The molecule has 2 aromatic carbocycles. The third kappa shape index (κ3) is 3.50. The Balaban J connectivity index is 2.31. The Morgan fingerprint density at radius 2 is 1.73 bits per heavy atom. The van der Waals surface area contributed by atoms with E-state index in [2.05, 4.69) is 0 Å². The van der Waals surface area contributed by atoms with Gasteiger partial charge < -0.3 is 5.73 Å². The van der Waals surface area contributed by atoms with E-state index >= 15 is 0 Å². The topological polar surface area (TPSA) is 43.1 Å². The summed E-state index contributed by atoms with van der Waals surface area (Å²) >= 11 is 0. The van der Waals surface area contributed by atoms with Crippen molar-refractivity contribution >= 4 is 5.91 Å². The summed E-state index contributed by atoms with van der Waals surface area (Å²) in [4.78, 5) is 11.2. The van der Waals surface area contributed by atoms with Crippen molar-refractivity contribution in [1.29, 1.82) is 0 Å². The second-order valence-corrected chi connectivity index (χ2v) is 5.77. The molecule has 2 aromatic rings. The van der Waals surface area contributed by atoms with Gasteiger partial charge in [0, 0.05) is 5.56 Å². The van der Waals surface area contributed by atoms with Gasteiger partial charge in [-0.1, -0.05) is 13.0 Å². The first-order chi connectivity index (χ1) is 10.3. The Hall–Kier alpha value is -2.23. The quantitative estimate of drug-likeness (QED) is 0.910. The fourth-order valence-corrected chi connectivity index (χ4v) is 2.48. The normalized spacial score (nSPS) is 12.2. The second-order valence-electron chi connectivity index (χ2n) is 5.77. The van der Waals surface area contributed by atoms with Crippen LogP contribution >= 0.6 is 0 Å². The van der Waals surface area contributed by atoms with Crippen LogP contribution < -0.4 is 5.73 Å². The summed E-state index contributed by atoms with van der Waals surface area (Å²) in [5, 5.41) is 0. The van der Waals surface area contributed by atoms with Gasteiger partial charge in [0.2, 0.25) is 5.91 Å². The molecule has 2 rings (SSSR count). The van der Waals surface area contributed by atoms with Gasteiger partial charge in [0.05, 0.1) is 0 Å². The van der Waals surface area contributed by atoms with Gasteiger partial charge >= 0.3 is 0 Å². The van der Waals surface area contributed by atoms with Gasteiger partial charge in [0.25, 0.3) is 0 Å². The average Bonchev–Trinajstić information content (AvgIpc) is 2.43. The van der Waals surface area contributed by atoms with Crippen LogP contribution in [0.3, 0.4) is 0 Å². The van der Waals surface area contributed by atoms with Crippen molar-refractivity contribution in [1.82, 2.24) is 0 Å². The minimum Gasteiger partial charge on any atom is -0.366 e. The molecule has 0 fully saturated rings. The van der Waals surface area contributed by atoms with Crippen LogP contribution in [0, 0.1) is 25.5 Å². The zero-order chi connectivity index (χ0) is 16.4. The van der Waals surface area contributed by atoms with E-state index in [0.29, 0.717) is 17.5 Å². The lowest BCUT2D eigenvalue weighted by molar-refractivity contribution is 0.0999. The van der Waals surface area contributed by atoms with Crippen molar-refractivity contribution in [3.05, 3.63) is 69.8 Å². The lowest BCUT2D eigenvalue weighted by atomic mass is 9.91. The van der Waals surface area contributed by atoms with Gasteiger partial charge in [-0.15, -0.1) is 0 Å². The number of rotatable bonds is 4. The monoisotopic (exact) mass is 303 g/mol. The number of hydrogen-bond donors (Lipinski definition) is 1. The minimum absolute atomic E-state index is 0.127. The fourth-order valence-electron chi connectivity index (χ4n) is 2.48. The van der Waals surface area contributed by atoms with Crippen molar-refractivity contribution < 1.29 is 13.6 Å². The maximum atomic E-state index is 14.0. The molecule has 22 heavy (non-hydrogen) atoms. The van der Waals surface area contributed by atoms with Crippen LogP contribution in [0.2, 0.25) is 0 Å². The molecule has 0 bridgehead atoms. The summed E-state index contributed by atoms with van der Waals surface area (Å²) in [5.41, 5.74) is 8.45. The zero-order valence-corrected chi connectivity index (χ0v) is 12.9. The Labute approximate surface area is 129 Å². The molecule has 0 aliphatic rings. The largest absolute Gasteiger partial charge is 0.366 e. The highest BCUT2D eigenvalue weighted by Gasteiger charge is 2.14. The van der Waals surface area contributed by atoms with Gasteiger partial charge in [-0.3, -0.25) is 4.79 Å². The van der Waals surface area contributed by atoms with Gasteiger partial charge in [0.1, 0.15) is 11.6 Å². The molecule has 0 aliphatic carbocycles. The molecule has 2 N–H and O–H groups in total. The maximum Gasteiger partial charge on any atom is 0.248 e. The van der Waals surface area contributed by atoms with Crippen molar-refractivity contribution in [3.8, 4) is 0 Å². The van der Waals surface area contributed by atoms with E-state index in [1.807, 2.05) is 26.8 Å². The van der Waals surface area contributed by atoms with Gasteiger partial charge in [-0.2, -0.15) is 0 Å². The molecule has 1 atom stereocenters. The Morgan fingerprint density at radius 3 is 2.36 bits per heavy atom. The lowest BCUT2D eigenvalue weighted by Crippen LogP contribution is -2.12. The van der Waals surface area contributed by atoms with E-state index in [1.54, 1.807) is 6.07 Å². The molecule has 0 saturated heterocycles.